The fourth-order valence-electron chi connectivity index (χ4n) is 3.32. The molecule has 3 aromatic rings. The molecule has 136 valence electrons. The van der Waals surface area contributed by atoms with E-state index in [-0.39, 0.29) is 12.3 Å². The number of likely N-dealkylation sites (N-methyl/N-ethyl adjacent to an activating group) is 1. The second kappa shape index (κ2) is 6.75. The van der Waals surface area contributed by atoms with Crippen molar-refractivity contribution in [2.75, 3.05) is 7.05 Å². The summed E-state index contributed by atoms with van der Waals surface area (Å²) in [5, 5.41) is 5.44. The third-order valence-corrected chi connectivity index (χ3v) is 5.80. The van der Waals surface area contributed by atoms with Gasteiger partial charge in [0.25, 0.3) is 5.78 Å². The summed E-state index contributed by atoms with van der Waals surface area (Å²) in [6.45, 7) is 4.42. The van der Waals surface area contributed by atoms with E-state index < -0.39 is 0 Å². The summed E-state index contributed by atoms with van der Waals surface area (Å²) >= 11 is 1.74. The highest BCUT2D eigenvalue weighted by Gasteiger charge is 2.19. The summed E-state index contributed by atoms with van der Waals surface area (Å²) in [7, 11) is 1.81. The average Bonchev–Trinajstić information content (AvgIpc) is 3.17. The number of aromatic nitrogens is 5. The Morgan fingerprint density at radius 3 is 2.85 bits per heavy atom. The van der Waals surface area contributed by atoms with Crippen LogP contribution in [-0.4, -0.2) is 42.4 Å². The van der Waals surface area contributed by atoms with E-state index in [1.807, 2.05) is 27.0 Å². The Morgan fingerprint density at radius 1 is 1.23 bits per heavy atom. The van der Waals surface area contributed by atoms with Crippen LogP contribution in [0, 0.1) is 13.8 Å². The smallest absolute Gasteiger partial charge is 0.252 e. The summed E-state index contributed by atoms with van der Waals surface area (Å²) in [6, 6.07) is 1.95. The highest BCUT2D eigenvalue weighted by Crippen LogP contribution is 2.27. The van der Waals surface area contributed by atoms with Gasteiger partial charge >= 0.3 is 0 Å². The molecule has 1 aliphatic carbocycles. The Balaban J connectivity index is 1.45. The predicted octanol–water partition coefficient (Wildman–Crippen LogP) is 2.28. The van der Waals surface area contributed by atoms with E-state index in [2.05, 4.69) is 15.1 Å². The molecule has 0 saturated heterocycles. The predicted molar refractivity (Wildman–Crippen MR) is 99.2 cm³/mol. The minimum atomic E-state index is -0.0107. The van der Waals surface area contributed by atoms with Crippen molar-refractivity contribution in [3.8, 4) is 0 Å². The average molecular weight is 370 g/mol. The molecule has 0 aromatic carbocycles. The quantitative estimate of drug-likeness (QED) is 0.704. The first kappa shape index (κ1) is 17.1. The van der Waals surface area contributed by atoms with E-state index in [1.54, 1.807) is 20.8 Å². The zero-order valence-electron chi connectivity index (χ0n) is 15.3. The van der Waals surface area contributed by atoms with Crippen LogP contribution in [0.5, 0.6) is 0 Å². The second-order valence-electron chi connectivity index (χ2n) is 6.89. The molecule has 0 fully saturated rings. The number of hydrogen-bond donors (Lipinski definition) is 0. The van der Waals surface area contributed by atoms with E-state index in [0.717, 1.165) is 29.2 Å². The molecule has 0 N–H and O–H groups in total. The highest BCUT2D eigenvalue weighted by atomic mass is 32.1. The molecule has 8 heteroatoms. The van der Waals surface area contributed by atoms with Crippen molar-refractivity contribution in [3.05, 3.63) is 38.9 Å². The Bertz CT molecular complexity index is 952. The van der Waals surface area contributed by atoms with Gasteiger partial charge in [0.05, 0.1) is 18.7 Å². The molecule has 1 amide bonds. The molecule has 1 aliphatic rings. The van der Waals surface area contributed by atoms with Crippen molar-refractivity contribution >= 4 is 23.0 Å². The van der Waals surface area contributed by atoms with Gasteiger partial charge in [-0.2, -0.15) is 4.98 Å². The van der Waals surface area contributed by atoms with Crippen molar-refractivity contribution in [2.45, 2.75) is 52.5 Å². The number of carbonyl (C=O) groups is 1. The van der Waals surface area contributed by atoms with Gasteiger partial charge in [0.15, 0.2) is 5.82 Å². The van der Waals surface area contributed by atoms with Crippen molar-refractivity contribution in [1.82, 2.24) is 29.5 Å². The Labute approximate surface area is 156 Å². The Hall–Kier alpha value is -2.35. The minimum Gasteiger partial charge on any atom is -0.339 e. The van der Waals surface area contributed by atoms with Gasteiger partial charge in [-0.15, -0.1) is 16.4 Å². The Morgan fingerprint density at radius 2 is 2.04 bits per heavy atom. The molecule has 0 radical (unpaired) electrons. The van der Waals surface area contributed by atoms with E-state index in [1.165, 1.54) is 23.4 Å². The monoisotopic (exact) mass is 370 g/mol. The van der Waals surface area contributed by atoms with Crippen LogP contribution in [0.2, 0.25) is 0 Å². The molecule has 0 bridgehead atoms. The first-order valence-electron chi connectivity index (χ1n) is 8.91. The normalized spacial score (nSPS) is 13.8. The Kier molecular flexibility index (Phi) is 4.44. The lowest BCUT2D eigenvalue weighted by atomic mass is 10.0. The van der Waals surface area contributed by atoms with E-state index in [9.17, 15) is 4.79 Å². The molecule has 0 atom stereocenters. The fraction of sp³-hybridized carbons (Fsp3) is 0.500. The number of amides is 1. The molecular formula is C18H22N6OS. The zero-order chi connectivity index (χ0) is 18.3. The summed E-state index contributed by atoms with van der Waals surface area (Å²) in [5.41, 5.74) is 3.08. The molecule has 4 rings (SSSR count). The topological polar surface area (TPSA) is 76.3 Å². The van der Waals surface area contributed by atoms with Gasteiger partial charge in [-0.05, 0) is 45.6 Å². The first-order chi connectivity index (χ1) is 12.5. The fourth-order valence-corrected chi connectivity index (χ4v) is 4.53. The number of rotatable bonds is 4. The number of fused-ring (bicyclic) bond motifs is 2. The van der Waals surface area contributed by atoms with E-state index in [4.69, 9.17) is 4.98 Å². The lowest BCUT2D eigenvalue weighted by molar-refractivity contribution is -0.129. The van der Waals surface area contributed by atoms with Gasteiger partial charge in [-0.3, -0.25) is 4.79 Å². The van der Waals surface area contributed by atoms with Gasteiger partial charge in [-0.25, -0.2) is 14.5 Å². The van der Waals surface area contributed by atoms with Gasteiger partial charge in [0.2, 0.25) is 5.91 Å². The van der Waals surface area contributed by atoms with Crippen LogP contribution >= 0.6 is 11.3 Å². The lowest BCUT2D eigenvalue weighted by Gasteiger charge is -2.14. The van der Waals surface area contributed by atoms with Gasteiger partial charge in [0, 0.05) is 23.3 Å². The summed E-state index contributed by atoms with van der Waals surface area (Å²) < 4.78 is 1.69. The number of aryl methyl sites for hydroxylation is 4. The van der Waals surface area contributed by atoms with Crippen LogP contribution in [0.25, 0.3) is 5.78 Å². The van der Waals surface area contributed by atoms with E-state index >= 15 is 0 Å². The maximum Gasteiger partial charge on any atom is 0.252 e. The number of nitrogens with zero attached hydrogens (tertiary/aromatic N) is 6. The van der Waals surface area contributed by atoms with Crippen LogP contribution in [0.4, 0.5) is 0 Å². The molecule has 0 unspecified atom stereocenters. The van der Waals surface area contributed by atoms with Crippen LogP contribution in [0.15, 0.2) is 6.07 Å². The number of thiazole rings is 1. The highest BCUT2D eigenvalue weighted by molar-refractivity contribution is 7.11. The molecular weight excluding hydrogens is 348 g/mol. The molecule has 0 saturated carbocycles. The van der Waals surface area contributed by atoms with Gasteiger partial charge < -0.3 is 4.90 Å². The molecule has 3 aromatic heterocycles. The van der Waals surface area contributed by atoms with Crippen molar-refractivity contribution in [3.63, 3.8) is 0 Å². The molecule has 7 nitrogen and oxygen atoms in total. The number of hydrogen-bond acceptors (Lipinski definition) is 6. The van der Waals surface area contributed by atoms with Crippen LogP contribution in [0.1, 0.15) is 45.6 Å². The maximum absolute atomic E-state index is 12.6. The van der Waals surface area contributed by atoms with Crippen molar-refractivity contribution < 1.29 is 4.79 Å². The third kappa shape index (κ3) is 3.33. The molecule has 0 spiro atoms. The van der Waals surface area contributed by atoms with Crippen molar-refractivity contribution in [2.24, 2.45) is 0 Å². The summed E-state index contributed by atoms with van der Waals surface area (Å²) in [6.07, 6.45) is 4.83. The summed E-state index contributed by atoms with van der Waals surface area (Å²) in [4.78, 5) is 29.2. The minimum absolute atomic E-state index is 0.0107. The standard InChI is InChI=1S/C18H22N6OS/c1-11-8-12(2)24-18(19-11)21-15(22-24)9-17(25)23(3)10-16-20-13-6-4-5-7-14(13)26-16/h8H,4-7,9-10H2,1-3H3. The number of carbonyl (C=O) groups excluding carboxylic acids is 1. The van der Waals surface area contributed by atoms with Crippen molar-refractivity contribution in [1.29, 1.82) is 0 Å². The molecule has 0 aliphatic heterocycles. The maximum atomic E-state index is 12.6. The first-order valence-corrected chi connectivity index (χ1v) is 9.72. The van der Waals surface area contributed by atoms with Crippen LogP contribution in [-0.2, 0) is 30.6 Å². The van der Waals surface area contributed by atoms with Gasteiger partial charge in [-0.1, -0.05) is 0 Å². The molecule has 3 heterocycles. The van der Waals surface area contributed by atoms with Crippen LogP contribution in [0.3, 0.4) is 0 Å². The van der Waals surface area contributed by atoms with Crippen LogP contribution < -0.4 is 0 Å². The summed E-state index contributed by atoms with van der Waals surface area (Å²) in [5.74, 6) is 1.03. The second-order valence-corrected chi connectivity index (χ2v) is 8.06. The van der Waals surface area contributed by atoms with E-state index in [0.29, 0.717) is 18.1 Å². The SMILES string of the molecule is Cc1cc(C)n2nc(CC(=O)N(C)Cc3nc4c(s3)CCCC4)nc2n1. The van der Waals surface area contributed by atoms with Gasteiger partial charge in [0.1, 0.15) is 5.01 Å². The molecule has 26 heavy (non-hydrogen) atoms. The zero-order valence-corrected chi connectivity index (χ0v) is 16.1. The lowest BCUT2D eigenvalue weighted by Crippen LogP contribution is -2.28. The largest absolute Gasteiger partial charge is 0.339 e. The third-order valence-electron chi connectivity index (χ3n) is 4.66.